The average molecular weight is 282 g/mol. The van der Waals surface area contributed by atoms with E-state index in [0.29, 0.717) is 13.1 Å². The fourth-order valence-corrected chi connectivity index (χ4v) is 2.28. The van der Waals surface area contributed by atoms with Crippen LogP contribution in [0.4, 0.5) is 5.69 Å². The Hall–Kier alpha value is -0.190. The number of nitrogens with one attached hydrogen (secondary N) is 1. The Bertz CT molecular complexity index is 368. The highest BCUT2D eigenvalue weighted by molar-refractivity contribution is 6.68. The van der Waals surface area contributed by atoms with Crippen molar-refractivity contribution in [2.45, 2.75) is 9.64 Å². The summed E-state index contributed by atoms with van der Waals surface area (Å²) in [6.07, 6.45) is 0. The standard InChI is InChI=1S/C10H11Cl3N2O/c11-9(12,13)10(16)14-6-7-15(10)8-4-2-1-3-5-8/h1-5,14,16H,6-7H2/t10-/m0/s1. The molecule has 1 heterocycles. The van der Waals surface area contributed by atoms with Crippen LogP contribution in [-0.4, -0.2) is 27.8 Å². The van der Waals surface area contributed by atoms with Gasteiger partial charge in [-0.05, 0) is 12.1 Å². The van der Waals surface area contributed by atoms with E-state index in [1.807, 2.05) is 30.3 Å². The lowest BCUT2D eigenvalue weighted by Crippen LogP contribution is -2.61. The molecule has 0 saturated carbocycles. The topological polar surface area (TPSA) is 35.5 Å². The third kappa shape index (κ3) is 1.98. The van der Waals surface area contributed by atoms with Crippen LogP contribution in [0.25, 0.3) is 0 Å². The van der Waals surface area contributed by atoms with Gasteiger partial charge < -0.3 is 10.0 Å². The molecule has 1 aliphatic rings. The smallest absolute Gasteiger partial charge is 0.252 e. The fourth-order valence-electron chi connectivity index (χ4n) is 1.78. The molecule has 0 aromatic heterocycles. The molecule has 1 fully saturated rings. The maximum atomic E-state index is 10.4. The van der Waals surface area contributed by atoms with Crippen molar-refractivity contribution in [1.29, 1.82) is 0 Å². The zero-order valence-electron chi connectivity index (χ0n) is 8.33. The van der Waals surface area contributed by atoms with Gasteiger partial charge in [0.25, 0.3) is 3.79 Å². The molecule has 0 bridgehead atoms. The summed E-state index contributed by atoms with van der Waals surface area (Å²) in [5.41, 5.74) is 0.807. The van der Waals surface area contributed by atoms with Crippen LogP contribution >= 0.6 is 34.8 Å². The molecule has 2 N–H and O–H groups in total. The van der Waals surface area contributed by atoms with E-state index in [9.17, 15) is 5.11 Å². The molecule has 2 rings (SSSR count). The van der Waals surface area contributed by atoms with Crippen molar-refractivity contribution in [3.63, 3.8) is 0 Å². The molecule has 88 valence electrons. The number of aliphatic hydroxyl groups is 1. The summed E-state index contributed by atoms with van der Waals surface area (Å²) in [6, 6.07) is 9.34. The van der Waals surface area contributed by atoms with Crippen LogP contribution in [-0.2, 0) is 0 Å². The highest BCUT2D eigenvalue weighted by Crippen LogP contribution is 2.42. The number of halogens is 3. The maximum Gasteiger partial charge on any atom is 0.252 e. The molecule has 1 saturated heterocycles. The first-order chi connectivity index (χ1) is 7.45. The molecule has 6 heteroatoms. The normalized spacial score (nSPS) is 26.1. The van der Waals surface area contributed by atoms with E-state index < -0.39 is 9.64 Å². The SMILES string of the molecule is O[C@@]1(C(Cl)(Cl)Cl)NCCN1c1ccccc1. The molecular formula is C10H11Cl3N2O. The lowest BCUT2D eigenvalue weighted by atomic mass is 10.2. The molecule has 3 nitrogen and oxygen atoms in total. The maximum absolute atomic E-state index is 10.4. The largest absolute Gasteiger partial charge is 0.355 e. The summed E-state index contributed by atoms with van der Waals surface area (Å²) < 4.78 is -1.82. The molecular weight excluding hydrogens is 270 g/mol. The second-order valence-corrected chi connectivity index (χ2v) is 5.87. The van der Waals surface area contributed by atoms with E-state index in [1.54, 1.807) is 4.90 Å². The molecule has 16 heavy (non-hydrogen) atoms. The van der Waals surface area contributed by atoms with Gasteiger partial charge in [0.05, 0.1) is 0 Å². The summed E-state index contributed by atoms with van der Waals surface area (Å²) >= 11 is 17.4. The molecule has 0 unspecified atom stereocenters. The number of hydrogen-bond acceptors (Lipinski definition) is 3. The minimum atomic E-state index is -1.82. The molecule has 0 aliphatic carbocycles. The minimum absolute atomic E-state index is 0.555. The molecule has 1 aliphatic heterocycles. The van der Waals surface area contributed by atoms with Crippen molar-refractivity contribution in [2.75, 3.05) is 18.0 Å². The van der Waals surface area contributed by atoms with Crippen molar-refractivity contribution in [3.05, 3.63) is 30.3 Å². The van der Waals surface area contributed by atoms with Crippen molar-refractivity contribution in [2.24, 2.45) is 0 Å². The molecule has 1 atom stereocenters. The first-order valence-corrected chi connectivity index (χ1v) is 5.95. The van der Waals surface area contributed by atoms with E-state index >= 15 is 0 Å². The van der Waals surface area contributed by atoms with Gasteiger partial charge in [-0.3, -0.25) is 5.32 Å². The number of nitrogens with zero attached hydrogens (tertiary/aromatic N) is 1. The van der Waals surface area contributed by atoms with Gasteiger partial charge in [0.2, 0.25) is 5.85 Å². The summed E-state index contributed by atoms with van der Waals surface area (Å²) in [4.78, 5) is 1.64. The van der Waals surface area contributed by atoms with Crippen LogP contribution in [0.2, 0.25) is 0 Å². The van der Waals surface area contributed by atoms with E-state index in [-0.39, 0.29) is 0 Å². The van der Waals surface area contributed by atoms with Gasteiger partial charge >= 0.3 is 0 Å². The highest BCUT2D eigenvalue weighted by atomic mass is 35.6. The lowest BCUT2D eigenvalue weighted by molar-refractivity contribution is 0.0321. The minimum Gasteiger partial charge on any atom is -0.355 e. The number of alkyl halides is 3. The second kappa shape index (κ2) is 4.24. The number of hydrogen-bond donors (Lipinski definition) is 2. The second-order valence-electron chi connectivity index (χ2n) is 3.58. The molecule has 1 aromatic rings. The number of anilines is 1. The van der Waals surface area contributed by atoms with Crippen LogP contribution in [0, 0.1) is 0 Å². The van der Waals surface area contributed by atoms with Gasteiger partial charge in [0, 0.05) is 18.8 Å². The monoisotopic (exact) mass is 280 g/mol. The van der Waals surface area contributed by atoms with Gasteiger partial charge in [0.1, 0.15) is 0 Å². The third-order valence-corrected chi connectivity index (χ3v) is 3.35. The van der Waals surface area contributed by atoms with Crippen LogP contribution in [0.15, 0.2) is 30.3 Å². The number of para-hydroxylation sites is 1. The Morgan fingerprint density at radius 2 is 1.88 bits per heavy atom. The zero-order chi connectivity index (χ0) is 11.8. The van der Waals surface area contributed by atoms with Crippen molar-refractivity contribution in [1.82, 2.24) is 5.32 Å². The molecule has 0 radical (unpaired) electrons. The summed E-state index contributed by atoms with van der Waals surface area (Å²) in [6.45, 7) is 1.13. The Morgan fingerprint density at radius 1 is 1.25 bits per heavy atom. The van der Waals surface area contributed by atoms with Gasteiger partial charge in [-0.25, -0.2) is 0 Å². The fraction of sp³-hybridized carbons (Fsp3) is 0.400. The Labute approximate surface area is 109 Å². The van der Waals surface area contributed by atoms with Crippen molar-refractivity contribution in [3.8, 4) is 0 Å². The van der Waals surface area contributed by atoms with Gasteiger partial charge in [0.15, 0.2) is 0 Å². The van der Waals surface area contributed by atoms with Crippen LogP contribution in [0.1, 0.15) is 0 Å². The quantitative estimate of drug-likeness (QED) is 0.774. The summed E-state index contributed by atoms with van der Waals surface area (Å²) in [5.74, 6) is -1.67. The highest BCUT2D eigenvalue weighted by Gasteiger charge is 2.54. The van der Waals surface area contributed by atoms with E-state index in [4.69, 9.17) is 34.8 Å². The van der Waals surface area contributed by atoms with Gasteiger partial charge in [-0.15, -0.1) is 0 Å². The van der Waals surface area contributed by atoms with Crippen molar-refractivity contribution < 1.29 is 5.11 Å². The number of rotatable bonds is 1. The van der Waals surface area contributed by atoms with Gasteiger partial charge in [-0.2, -0.15) is 0 Å². The zero-order valence-corrected chi connectivity index (χ0v) is 10.6. The Morgan fingerprint density at radius 3 is 2.44 bits per heavy atom. The Kier molecular flexibility index (Phi) is 3.25. The molecule has 0 spiro atoms. The number of benzene rings is 1. The third-order valence-electron chi connectivity index (χ3n) is 2.56. The van der Waals surface area contributed by atoms with Crippen LogP contribution in [0.5, 0.6) is 0 Å². The lowest BCUT2D eigenvalue weighted by Gasteiger charge is -2.39. The molecule has 0 amide bonds. The first-order valence-electron chi connectivity index (χ1n) is 4.82. The van der Waals surface area contributed by atoms with Crippen LogP contribution in [0.3, 0.4) is 0 Å². The Balaban J connectivity index is 2.35. The predicted molar refractivity (Wildman–Crippen MR) is 67.0 cm³/mol. The van der Waals surface area contributed by atoms with Crippen LogP contribution < -0.4 is 10.2 Å². The van der Waals surface area contributed by atoms with E-state index in [0.717, 1.165) is 5.69 Å². The van der Waals surface area contributed by atoms with E-state index in [1.165, 1.54) is 0 Å². The average Bonchev–Trinajstić information content (AvgIpc) is 2.62. The predicted octanol–water partition coefficient (Wildman–Crippen LogP) is 2.11. The van der Waals surface area contributed by atoms with Crippen molar-refractivity contribution >= 4 is 40.5 Å². The summed E-state index contributed by atoms with van der Waals surface area (Å²) in [5, 5.41) is 13.2. The molecule has 1 aromatic carbocycles. The van der Waals surface area contributed by atoms with E-state index in [2.05, 4.69) is 5.32 Å². The first kappa shape index (κ1) is 12.3. The summed E-state index contributed by atoms with van der Waals surface area (Å²) in [7, 11) is 0. The van der Waals surface area contributed by atoms with Gasteiger partial charge in [-0.1, -0.05) is 53.0 Å².